The maximum Gasteiger partial charge on any atom is 0.104 e. The van der Waals surface area contributed by atoms with Gasteiger partial charge >= 0.3 is 0 Å². The molecule has 0 saturated carbocycles. The lowest BCUT2D eigenvalue weighted by molar-refractivity contribution is 0.409. The zero-order chi connectivity index (χ0) is 5.86. The monoisotopic (exact) mass is 120 g/mol. The Hall–Kier alpha value is -0.170. The van der Waals surface area contributed by atoms with Crippen LogP contribution in [0.15, 0.2) is 10.8 Å². The number of hydrogen-bond acceptors (Lipinski definition) is 1. The van der Waals surface area contributed by atoms with Gasteiger partial charge in [-0.3, -0.25) is 0 Å². The van der Waals surface area contributed by atoms with Gasteiger partial charge in [-0.25, -0.2) is 0 Å². The van der Waals surface area contributed by atoms with E-state index in [1.165, 1.54) is 0 Å². The lowest BCUT2D eigenvalue weighted by Crippen LogP contribution is -1.74. The lowest BCUT2D eigenvalue weighted by Gasteiger charge is -1.90. The van der Waals surface area contributed by atoms with Crippen molar-refractivity contribution in [2.24, 2.45) is 0 Å². The van der Waals surface area contributed by atoms with Crippen LogP contribution in [0, 0.1) is 0 Å². The second-order valence-electron chi connectivity index (χ2n) is 1.34. The van der Waals surface area contributed by atoms with Crippen LogP contribution in [0.25, 0.3) is 0 Å². The van der Waals surface area contributed by atoms with Gasteiger partial charge in [-0.05, 0) is 13.3 Å². The van der Waals surface area contributed by atoms with E-state index in [0.717, 1.165) is 0 Å². The van der Waals surface area contributed by atoms with E-state index in [-0.39, 0.29) is 5.76 Å². The van der Waals surface area contributed by atoms with Gasteiger partial charge in [-0.15, -0.1) is 0 Å². The zero-order valence-corrected chi connectivity index (χ0v) is 5.29. The van der Waals surface area contributed by atoms with E-state index in [1.807, 2.05) is 6.92 Å². The molecule has 0 heterocycles. The summed E-state index contributed by atoms with van der Waals surface area (Å²) in [5, 5.41) is 9.11. The molecule has 0 aliphatic carbocycles. The Labute approximate surface area is 48.6 Å². The quantitative estimate of drug-likeness (QED) is 0.527. The van der Waals surface area contributed by atoms with E-state index >= 15 is 0 Å². The first-order valence-electron chi connectivity index (χ1n) is 2.22. The van der Waals surface area contributed by atoms with E-state index in [4.69, 9.17) is 16.7 Å². The fraction of sp³-hybridized carbons (Fsp3) is 0.600. The zero-order valence-electron chi connectivity index (χ0n) is 4.53. The molecule has 0 bridgehead atoms. The third-order valence-electron chi connectivity index (χ3n) is 0.703. The summed E-state index contributed by atoms with van der Waals surface area (Å²) in [7, 11) is 0. The average molecular weight is 121 g/mol. The van der Waals surface area contributed by atoms with Gasteiger partial charge in [0.05, 0.1) is 5.03 Å². The van der Waals surface area contributed by atoms with Gasteiger partial charge in [0.1, 0.15) is 5.76 Å². The van der Waals surface area contributed by atoms with Gasteiger partial charge in [0.15, 0.2) is 0 Å². The van der Waals surface area contributed by atoms with Crippen molar-refractivity contribution in [3.8, 4) is 0 Å². The Morgan fingerprint density at radius 1 is 1.71 bits per heavy atom. The topological polar surface area (TPSA) is 20.2 Å². The van der Waals surface area contributed by atoms with Crippen LogP contribution in [-0.2, 0) is 0 Å². The maximum atomic E-state index is 8.57. The molecule has 0 radical (unpaired) electrons. The molecule has 0 fully saturated rings. The van der Waals surface area contributed by atoms with E-state index < -0.39 is 0 Å². The highest BCUT2D eigenvalue weighted by atomic mass is 35.5. The molecular weight excluding hydrogens is 112 g/mol. The second-order valence-corrected chi connectivity index (χ2v) is 1.80. The molecule has 0 rings (SSSR count). The minimum absolute atomic E-state index is 0.226. The SMILES string of the molecule is CCC(Cl)=C(C)O. The number of aliphatic hydroxyl groups is 1. The number of hydrogen-bond donors (Lipinski definition) is 1. The number of allylic oxidation sites excluding steroid dienone is 2. The molecule has 1 nitrogen and oxygen atoms in total. The van der Waals surface area contributed by atoms with Crippen LogP contribution in [0.1, 0.15) is 20.3 Å². The highest BCUT2D eigenvalue weighted by Gasteiger charge is 1.89. The predicted octanol–water partition coefficient (Wildman–Crippen LogP) is 2.42. The van der Waals surface area contributed by atoms with Crippen molar-refractivity contribution in [3.63, 3.8) is 0 Å². The van der Waals surface area contributed by atoms with Gasteiger partial charge < -0.3 is 5.11 Å². The average Bonchev–Trinajstić information content (AvgIpc) is 1.65. The van der Waals surface area contributed by atoms with Crippen molar-refractivity contribution in [2.75, 3.05) is 0 Å². The molecule has 0 aromatic heterocycles. The molecule has 0 unspecified atom stereocenters. The summed E-state index contributed by atoms with van der Waals surface area (Å²) in [6.45, 7) is 3.47. The lowest BCUT2D eigenvalue weighted by atomic mass is 10.4. The van der Waals surface area contributed by atoms with Gasteiger partial charge in [0.2, 0.25) is 0 Å². The van der Waals surface area contributed by atoms with Crippen LogP contribution in [0.3, 0.4) is 0 Å². The molecular formula is C5H9ClO. The highest BCUT2D eigenvalue weighted by molar-refractivity contribution is 6.29. The molecule has 0 aromatic rings. The molecule has 2 heteroatoms. The van der Waals surface area contributed by atoms with Crippen molar-refractivity contribution in [1.82, 2.24) is 0 Å². The maximum absolute atomic E-state index is 8.57. The van der Waals surface area contributed by atoms with Crippen LogP contribution in [-0.4, -0.2) is 5.11 Å². The molecule has 0 aliphatic rings. The van der Waals surface area contributed by atoms with Crippen molar-refractivity contribution in [2.45, 2.75) is 20.3 Å². The number of aliphatic hydroxyl groups excluding tert-OH is 1. The normalized spacial score (nSPS) is 13.6. The standard InChI is InChI=1S/C5H9ClO/c1-3-5(6)4(2)7/h7H,3H2,1-2H3. The summed E-state index contributed by atoms with van der Waals surface area (Å²) in [5.41, 5.74) is 0. The third kappa shape index (κ3) is 2.52. The van der Waals surface area contributed by atoms with Crippen LogP contribution in [0.5, 0.6) is 0 Å². The van der Waals surface area contributed by atoms with Crippen molar-refractivity contribution < 1.29 is 5.11 Å². The predicted molar refractivity (Wildman–Crippen MR) is 31.5 cm³/mol. The number of halogens is 1. The molecule has 0 amide bonds. The molecule has 0 saturated heterocycles. The van der Waals surface area contributed by atoms with Crippen LogP contribution >= 0.6 is 11.6 Å². The summed E-state index contributed by atoms with van der Waals surface area (Å²) >= 11 is 5.43. The Morgan fingerprint density at radius 2 is 2.14 bits per heavy atom. The van der Waals surface area contributed by atoms with E-state index in [2.05, 4.69) is 0 Å². The molecule has 7 heavy (non-hydrogen) atoms. The Morgan fingerprint density at radius 3 is 2.14 bits per heavy atom. The summed E-state index contributed by atoms with van der Waals surface area (Å²) in [6.07, 6.45) is 0.712. The first-order chi connectivity index (χ1) is 3.18. The van der Waals surface area contributed by atoms with Crippen molar-refractivity contribution in [3.05, 3.63) is 10.8 Å². The minimum atomic E-state index is 0.226. The fourth-order valence-electron chi connectivity index (χ4n) is 0.256. The Bertz CT molecular complexity index is 82.1. The van der Waals surface area contributed by atoms with E-state index in [9.17, 15) is 0 Å². The van der Waals surface area contributed by atoms with Gasteiger partial charge in [-0.2, -0.15) is 0 Å². The van der Waals surface area contributed by atoms with Gasteiger partial charge in [0, 0.05) is 0 Å². The number of rotatable bonds is 1. The summed E-state index contributed by atoms with van der Waals surface area (Å²) in [4.78, 5) is 0. The highest BCUT2D eigenvalue weighted by Crippen LogP contribution is 2.09. The first kappa shape index (κ1) is 6.83. The summed E-state index contributed by atoms with van der Waals surface area (Å²) in [5.74, 6) is 0.226. The first-order valence-corrected chi connectivity index (χ1v) is 2.60. The molecule has 0 spiro atoms. The molecule has 1 N–H and O–H groups in total. The van der Waals surface area contributed by atoms with Gasteiger partial charge in [0.25, 0.3) is 0 Å². The summed E-state index contributed by atoms with van der Waals surface area (Å²) < 4.78 is 0. The molecule has 0 aliphatic heterocycles. The van der Waals surface area contributed by atoms with Crippen LogP contribution in [0.4, 0.5) is 0 Å². The third-order valence-corrected chi connectivity index (χ3v) is 1.24. The molecule has 0 atom stereocenters. The fourth-order valence-corrected chi connectivity index (χ4v) is 0.256. The Balaban J connectivity index is 3.72. The van der Waals surface area contributed by atoms with Gasteiger partial charge in [-0.1, -0.05) is 18.5 Å². The van der Waals surface area contributed by atoms with Crippen molar-refractivity contribution >= 4 is 11.6 Å². The molecule has 42 valence electrons. The smallest absolute Gasteiger partial charge is 0.104 e. The van der Waals surface area contributed by atoms with E-state index in [1.54, 1.807) is 6.92 Å². The minimum Gasteiger partial charge on any atom is -0.511 e. The summed E-state index contributed by atoms with van der Waals surface area (Å²) in [6, 6.07) is 0. The van der Waals surface area contributed by atoms with Crippen LogP contribution < -0.4 is 0 Å². The van der Waals surface area contributed by atoms with Crippen molar-refractivity contribution in [1.29, 1.82) is 0 Å². The van der Waals surface area contributed by atoms with E-state index in [0.29, 0.717) is 11.5 Å². The molecule has 0 aromatic carbocycles. The van der Waals surface area contributed by atoms with Crippen LogP contribution in [0.2, 0.25) is 0 Å². The Kier molecular flexibility index (Phi) is 2.84. The second kappa shape index (κ2) is 2.92. The largest absolute Gasteiger partial charge is 0.511 e.